The summed E-state index contributed by atoms with van der Waals surface area (Å²) in [5.74, 6) is 6.28. The van der Waals surface area contributed by atoms with Gasteiger partial charge in [0.15, 0.2) is 0 Å². The van der Waals surface area contributed by atoms with E-state index in [9.17, 15) is 0 Å². The summed E-state index contributed by atoms with van der Waals surface area (Å²) in [7, 11) is 0. The maximum Gasteiger partial charge on any atom is 0.0104 e. The van der Waals surface area contributed by atoms with Gasteiger partial charge in [0.1, 0.15) is 0 Å². The zero-order chi connectivity index (χ0) is 13.0. The third-order valence-corrected chi connectivity index (χ3v) is 7.31. The van der Waals surface area contributed by atoms with Crippen LogP contribution in [0.15, 0.2) is 0 Å². The number of fused-ring (bicyclic) bond motifs is 5. The Balaban J connectivity index is 1.41. The molecule has 0 aromatic heterocycles. The minimum absolute atomic E-state index is 0.827. The van der Waals surface area contributed by atoms with Crippen LogP contribution in [-0.4, -0.2) is 12.1 Å². The van der Waals surface area contributed by atoms with E-state index in [4.69, 9.17) is 0 Å². The summed E-state index contributed by atoms with van der Waals surface area (Å²) < 4.78 is 0. The second-order valence-corrected chi connectivity index (χ2v) is 8.43. The molecule has 0 spiro atoms. The van der Waals surface area contributed by atoms with Crippen LogP contribution in [0.25, 0.3) is 0 Å². The molecule has 19 heavy (non-hydrogen) atoms. The lowest BCUT2D eigenvalue weighted by molar-refractivity contribution is 0.155. The molecule has 4 aliphatic carbocycles. The maximum atomic E-state index is 4.14. The average molecular weight is 261 g/mol. The van der Waals surface area contributed by atoms with Crippen LogP contribution in [0, 0.1) is 35.5 Å². The van der Waals surface area contributed by atoms with Gasteiger partial charge in [0.05, 0.1) is 0 Å². The zero-order valence-corrected chi connectivity index (χ0v) is 12.8. The molecular formula is C18H31N. The lowest BCUT2D eigenvalue weighted by Gasteiger charge is -2.39. The standard InChI is InChI=1S/C18H31N/c1-11-6-7-12(2)17(8-11)19-18-10-13-9-16(18)15-5-3-4-14(13)15/h11-19H,3-10H2,1-2H3. The lowest BCUT2D eigenvalue weighted by Crippen LogP contribution is -2.48. The predicted octanol–water partition coefficient (Wildman–Crippen LogP) is 4.23. The summed E-state index contributed by atoms with van der Waals surface area (Å²) in [5, 5.41) is 4.14. The fraction of sp³-hybridized carbons (Fsp3) is 1.00. The van der Waals surface area contributed by atoms with Gasteiger partial charge in [-0.15, -0.1) is 0 Å². The largest absolute Gasteiger partial charge is 0.311 e. The summed E-state index contributed by atoms with van der Waals surface area (Å²) in [6.07, 6.45) is 12.1. The van der Waals surface area contributed by atoms with Gasteiger partial charge in [-0.1, -0.05) is 26.7 Å². The monoisotopic (exact) mass is 261 g/mol. The van der Waals surface area contributed by atoms with Crippen molar-refractivity contribution < 1.29 is 0 Å². The van der Waals surface area contributed by atoms with Crippen LogP contribution in [0.4, 0.5) is 0 Å². The Labute approximate surface area is 118 Å². The first-order chi connectivity index (χ1) is 9.22. The van der Waals surface area contributed by atoms with Crippen molar-refractivity contribution >= 4 is 0 Å². The Hall–Kier alpha value is -0.0400. The average Bonchev–Trinajstić information content (AvgIpc) is 3.05. The molecule has 0 radical (unpaired) electrons. The second-order valence-electron chi connectivity index (χ2n) is 8.43. The van der Waals surface area contributed by atoms with Crippen LogP contribution in [0.3, 0.4) is 0 Å². The van der Waals surface area contributed by atoms with Crippen molar-refractivity contribution in [3.63, 3.8) is 0 Å². The molecule has 8 unspecified atom stereocenters. The summed E-state index contributed by atoms with van der Waals surface area (Å²) in [6, 6.07) is 1.72. The molecule has 0 aromatic rings. The Bertz CT molecular complexity index is 339. The topological polar surface area (TPSA) is 12.0 Å². The quantitative estimate of drug-likeness (QED) is 0.784. The lowest BCUT2D eigenvalue weighted by atomic mass is 9.76. The van der Waals surface area contributed by atoms with E-state index in [2.05, 4.69) is 19.2 Å². The summed E-state index contributed by atoms with van der Waals surface area (Å²) in [5.41, 5.74) is 0. The van der Waals surface area contributed by atoms with Crippen molar-refractivity contribution in [1.82, 2.24) is 5.32 Å². The number of hydrogen-bond acceptors (Lipinski definition) is 1. The van der Waals surface area contributed by atoms with E-state index in [-0.39, 0.29) is 0 Å². The maximum absolute atomic E-state index is 4.14. The van der Waals surface area contributed by atoms with Crippen molar-refractivity contribution in [2.24, 2.45) is 35.5 Å². The Morgan fingerprint density at radius 1 is 0.737 bits per heavy atom. The molecule has 108 valence electrons. The number of rotatable bonds is 2. The normalized spacial score (nSPS) is 56.5. The van der Waals surface area contributed by atoms with Crippen molar-refractivity contribution in [3.05, 3.63) is 0 Å². The zero-order valence-electron chi connectivity index (χ0n) is 12.8. The molecule has 0 saturated heterocycles. The molecule has 1 heteroatoms. The SMILES string of the molecule is CC1CCC(C)C(NC2CC3CC2C2CCCC32)C1. The van der Waals surface area contributed by atoms with Crippen LogP contribution in [0.1, 0.15) is 65.2 Å². The van der Waals surface area contributed by atoms with E-state index in [1.165, 1.54) is 32.1 Å². The van der Waals surface area contributed by atoms with E-state index in [0.717, 1.165) is 47.6 Å². The minimum atomic E-state index is 0.827. The predicted molar refractivity (Wildman–Crippen MR) is 79.9 cm³/mol. The Kier molecular flexibility index (Phi) is 3.17. The molecule has 4 fully saturated rings. The van der Waals surface area contributed by atoms with Gasteiger partial charge in [-0.2, -0.15) is 0 Å². The first-order valence-electron chi connectivity index (χ1n) is 8.98. The highest BCUT2D eigenvalue weighted by atomic mass is 15.0. The molecule has 0 aromatic carbocycles. The molecule has 0 amide bonds. The van der Waals surface area contributed by atoms with Crippen molar-refractivity contribution in [2.45, 2.75) is 77.3 Å². The third kappa shape index (κ3) is 2.07. The van der Waals surface area contributed by atoms with E-state index in [1.807, 2.05) is 0 Å². The van der Waals surface area contributed by atoms with Crippen LogP contribution in [0.5, 0.6) is 0 Å². The van der Waals surface area contributed by atoms with Gasteiger partial charge in [0.2, 0.25) is 0 Å². The summed E-state index contributed by atoms with van der Waals surface area (Å²) >= 11 is 0. The number of nitrogens with one attached hydrogen (secondary N) is 1. The molecule has 4 saturated carbocycles. The molecule has 2 bridgehead atoms. The molecule has 8 atom stereocenters. The first-order valence-corrected chi connectivity index (χ1v) is 8.98. The van der Waals surface area contributed by atoms with Gasteiger partial charge in [-0.25, -0.2) is 0 Å². The van der Waals surface area contributed by atoms with Crippen molar-refractivity contribution in [2.75, 3.05) is 0 Å². The molecule has 1 nitrogen and oxygen atoms in total. The van der Waals surface area contributed by atoms with Crippen LogP contribution >= 0.6 is 0 Å². The summed E-state index contributed by atoms with van der Waals surface area (Å²) in [6.45, 7) is 4.93. The van der Waals surface area contributed by atoms with E-state index < -0.39 is 0 Å². The fourth-order valence-corrected chi connectivity index (χ4v) is 6.30. The molecule has 4 aliphatic rings. The molecular weight excluding hydrogens is 230 g/mol. The van der Waals surface area contributed by atoms with Gasteiger partial charge in [0.25, 0.3) is 0 Å². The Morgan fingerprint density at radius 3 is 2.47 bits per heavy atom. The third-order valence-electron chi connectivity index (χ3n) is 7.31. The van der Waals surface area contributed by atoms with E-state index in [0.29, 0.717) is 0 Å². The van der Waals surface area contributed by atoms with Gasteiger partial charge in [-0.05, 0) is 74.0 Å². The van der Waals surface area contributed by atoms with Crippen LogP contribution in [-0.2, 0) is 0 Å². The summed E-state index contributed by atoms with van der Waals surface area (Å²) in [4.78, 5) is 0. The highest BCUT2D eigenvalue weighted by molar-refractivity contribution is 5.06. The molecule has 0 heterocycles. The second kappa shape index (κ2) is 4.76. The van der Waals surface area contributed by atoms with Crippen molar-refractivity contribution in [3.8, 4) is 0 Å². The highest BCUT2D eigenvalue weighted by Gasteiger charge is 2.54. The van der Waals surface area contributed by atoms with Gasteiger partial charge >= 0.3 is 0 Å². The smallest absolute Gasteiger partial charge is 0.0104 e. The Morgan fingerprint density at radius 2 is 1.58 bits per heavy atom. The first kappa shape index (κ1) is 12.7. The van der Waals surface area contributed by atoms with E-state index in [1.54, 1.807) is 19.3 Å². The molecule has 1 N–H and O–H groups in total. The molecule has 4 rings (SSSR count). The van der Waals surface area contributed by atoms with Crippen LogP contribution in [0.2, 0.25) is 0 Å². The van der Waals surface area contributed by atoms with Crippen LogP contribution < -0.4 is 5.32 Å². The highest BCUT2D eigenvalue weighted by Crippen LogP contribution is 2.58. The fourth-order valence-electron chi connectivity index (χ4n) is 6.30. The number of hydrogen-bond donors (Lipinski definition) is 1. The van der Waals surface area contributed by atoms with Gasteiger partial charge < -0.3 is 5.32 Å². The van der Waals surface area contributed by atoms with Crippen molar-refractivity contribution in [1.29, 1.82) is 0 Å². The minimum Gasteiger partial charge on any atom is -0.311 e. The molecule has 0 aliphatic heterocycles. The van der Waals surface area contributed by atoms with Gasteiger partial charge in [-0.3, -0.25) is 0 Å². The van der Waals surface area contributed by atoms with E-state index >= 15 is 0 Å². The van der Waals surface area contributed by atoms with Gasteiger partial charge in [0, 0.05) is 12.1 Å².